The third kappa shape index (κ3) is 4.86. The van der Waals surface area contributed by atoms with Gasteiger partial charge in [0, 0.05) is 44.0 Å². The van der Waals surface area contributed by atoms with Crippen LogP contribution < -0.4 is 10.6 Å². The van der Waals surface area contributed by atoms with Gasteiger partial charge in [-0.25, -0.2) is 9.97 Å². The predicted molar refractivity (Wildman–Crippen MR) is 101 cm³/mol. The molecule has 2 heterocycles. The summed E-state index contributed by atoms with van der Waals surface area (Å²) in [6, 6.07) is 5.65. The summed E-state index contributed by atoms with van der Waals surface area (Å²) in [7, 11) is 0. The Labute approximate surface area is 159 Å². The number of non-ortho nitro benzene ring substituents is 1. The van der Waals surface area contributed by atoms with Gasteiger partial charge in [0.2, 0.25) is 11.6 Å². The van der Waals surface area contributed by atoms with Crippen LogP contribution in [0, 0.1) is 20.2 Å². The van der Waals surface area contributed by atoms with Crippen molar-refractivity contribution in [3.05, 3.63) is 50.8 Å². The largest absolute Gasteiger partial charge is 0.379 e. The first-order valence-electron chi connectivity index (χ1n) is 8.59. The van der Waals surface area contributed by atoms with Crippen LogP contribution in [0.25, 0.3) is 0 Å². The van der Waals surface area contributed by atoms with Crippen molar-refractivity contribution in [2.75, 3.05) is 50.0 Å². The van der Waals surface area contributed by atoms with Crippen molar-refractivity contribution in [3.63, 3.8) is 0 Å². The van der Waals surface area contributed by atoms with Gasteiger partial charge >= 0.3 is 5.69 Å². The van der Waals surface area contributed by atoms with Crippen molar-refractivity contribution in [1.82, 2.24) is 14.9 Å². The summed E-state index contributed by atoms with van der Waals surface area (Å²) in [6.07, 6.45) is 1.20. The van der Waals surface area contributed by atoms with Crippen molar-refractivity contribution in [1.29, 1.82) is 0 Å². The molecule has 148 valence electrons. The van der Waals surface area contributed by atoms with E-state index in [1.54, 1.807) is 6.07 Å². The van der Waals surface area contributed by atoms with Gasteiger partial charge in [0.05, 0.1) is 23.1 Å². The van der Waals surface area contributed by atoms with Gasteiger partial charge in [-0.1, -0.05) is 6.07 Å². The molecule has 0 saturated carbocycles. The standard InChI is InChI=1S/C16H19N7O5/c24-22(25)13-3-1-2-12(10-13)20-16-14(23(26)27)15(18-11-19-16)17-4-5-21-6-8-28-9-7-21/h1-3,10-11H,4-9H2,(H2,17,18,19,20). The average Bonchev–Trinajstić information content (AvgIpc) is 2.69. The Hall–Kier alpha value is -3.38. The Kier molecular flexibility index (Phi) is 6.24. The molecule has 0 bridgehead atoms. The molecule has 1 aliphatic rings. The zero-order valence-corrected chi connectivity index (χ0v) is 14.9. The summed E-state index contributed by atoms with van der Waals surface area (Å²) >= 11 is 0. The highest BCUT2D eigenvalue weighted by molar-refractivity contribution is 5.74. The van der Waals surface area contributed by atoms with E-state index in [-0.39, 0.29) is 23.0 Å². The Morgan fingerprint density at radius 1 is 1.11 bits per heavy atom. The third-order valence-corrected chi connectivity index (χ3v) is 4.15. The number of benzene rings is 1. The molecule has 12 heteroatoms. The van der Waals surface area contributed by atoms with Crippen molar-refractivity contribution < 1.29 is 14.6 Å². The molecule has 0 radical (unpaired) electrons. The van der Waals surface area contributed by atoms with Crippen LogP contribution in [0.15, 0.2) is 30.6 Å². The molecule has 0 atom stereocenters. The monoisotopic (exact) mass is 389 g/mol. The van der Waals surface area contributed by atoms with E-state index in [1.807, 2.05) is 0 Å². The van der Waals surface area contributed by atoms with Gasteiger partial charge in [-0.3, -0.25) is 25.1 Å². The molecule has 28 heavy (non-hydrogen) atoms. The Morgan fingerprint density at radius 3 is 2.57 bits per heavy atom. The Balaban J connectivity index is 1.74. The summed E-state index contributed by atoms with van der Waals surface area (Å²) < 4.78 is 5.29. The summed E-state index contributed by atoms with van der Waals surface area (Å²) in [6.45, 7) is 4.13. The van der Waals surface area contributed by atoms with Crippen LogP contribution in [-0.2, 0) is 4.74 Å². The normalized spacial score (nSPS) is 14.4. The molecule has 1 aliphatic heterocycles. The molecule has 0 spiro atoms. The van der Waals surface area contributed by atoms with E-state index < -0.39 is 9.85 Å². The Bertz CT molecular complexity index is 857. The lowest BCUT2D eigenvalue weighted by atomic mass is 10.2. The number of rotatable bonds is 8. The maximum Gasteiger partial charge on any atom is 0.353 e. The minimum atomic E-state index is -0.587. The first-order chi connectivity index (χ1) is 13.5. The first kappa shape index (κ1) is 19.4. The van der Waals surface area contributed by atoms with E-state index in [9.17, 15) is 20.2 Å². The number of anilines is 3. The van der Waals surface area contributed by atoms with Crippen molar-refractivity contribution in [2.45, 2.75) is 0 Å². The van der Waals surface area contributed by atoms with E-state index in [2.05, 4.69) is 25.5 Å². The lowest BCUT2D eigenvalue weighted by molar-refractivity contribution is -0.384. The smallest absolute Gasteiger partial charge is 0.353 e. The fourth-order valence-electron chi connectivity index (χ4n) is 2.76. The van der Waals surface area contributed by atoms with Crippen molar-refractivity contribution >= 4 is 28.7 Å². The maximum absolute atomic E-state index is 11.6. The summed E-state index contributed by atoms with van der Waals surface area (Å²) in [5.74, 6) is 0.0376. The second-order valence-corrected chi connectivity index (χ2v) is 5.99. The second-order valence-electron chi connectivity index (χ2n) is 5.99. The van der Waals surface area contributed by atoms with Gasteiger partial charge in [0.15, 0.2) is 0 Å². The van der Waals surface area contributed by atoms with Crippen LogP contribution in [0.4, 0.5) is 28.7 Å². The molecule has 2 aromatic rings. The van der Waals surface area contributed by atoms with Gasteiger partial charge < -0.3 is 15.4 Å². The molecular formula is C16H19N7O5. The summed E-state index contributed by atoms with van der Waals surface area (Å²) in [5.41, 5.74) is -0.142. The fourth-order valence-corrected chi connectivity index (χ4v) is 2.76. The van der Waals surface area contributed by atoms with E-state index in [0.717, 1.165) is 13.1 Å². The van der Waals surface area contributed by atoms with Gasteiger partial charge in [0.25, 0.3) is 5.69 Å². The quantitative estimate of drug-likeness (QED) is 0.505. The summed E-state index contributed by atoms with van der Waals surface area (Å²) in [5, 5.41) is 28.2. The second kappa shape index (κ2) is 9.01. The fraction of sp³-hybridized carbons (Fsp3) is 0.375. The van der Waals surface area contributed by atoms with Crippen LogP contribution in [0.5, 0.6) is 0 Å². The van der Waals surface area contributed by atoms with E-state index in [4.69, 9.17) is 4.74 Å². The van der Waals surface area contributed by atoms with Crippen LogP contribution in [0.2, 0.25) is 0 Å². The van der Waals surface area contributed by atoms with Gasteiger partial charge in [-0.2, -0.15) is 0 Å². The van der Waals surface area contributed by atoms with Crippen LogP contribution >= 0.6 is 0 Å². The molecule has 0 amide bonds. The number of nitro groups is 2. The lowest BCUT2D eigenvalue weighted by Gasteiger charge is -2.26. The number of morpholine rings is 1. The maximum atomic E-state index is 11.6. The van der Waals surface area contributed by atoms with Gasteiger partial charge in [-0.05, 0) is 6.07 Å². The van der Waals surface area contributed by atoms with E-state index in [0.29, 0.717) is 32.0 Å². The highest BCUT2D eigenvalue weighted by atomic mass is 16.6. The molecule has 1 aromatic carbocycles. The van der Waals surface area contributed by atoms with Crippen LogP contribution in [-0.4, -0.2) is 64.1 Å². The third-order valence-electron chi connectivity index (χ3n) is 4.15. The number of nitrogens with one attached hydrogen (secondary N) is 2. The van der Waals surface area contributed by atoms with Crippen LogP contribution in [0.3, 0.4) is 0 Å². The zero-order chi connectivity index (χ0) is 19.9. The molecule has 0 unspecified atom stereocenters. The minimum Gasteiger partial charge on any atom is -0.379 e. The molecule has 2 N–H and O–H groups in total. The number of nitrogens with zero attached hydrogens (tertiary/aromatic N) is 5. The zero-order valence-electron chi connectivity index (χ0n) is 14.9. The van der Waals surface area contributed by atoms with Crippen molar-refractivity contribution in [3.8, 4) is 0 Å². The SMILES string of the molecule is O=[N+]([O-])c1cccc(Nc2ncnc(NCCN3CCOCC3)c2[N+](=O)[O-])c1. The van der Waals surface area contributed by atoms with E-state index in [1.165, 1.54) is 24.5 Å². The predicted octanol–water partition coefficient (Wildman–Crippen LogP) is 1.78. The highest BCUT2D eigenvalue weighted by Gasteiger charge is 2.23. The number of hydrogen-bond acceptors (Lipinski definition) is 10. The van der Waals surface area contributed by atoms with Crippen molar-refractivity contribution in [2.24, 2.45) is 0 Å². The molecule has 1 fully saturated rings. The van der Waals surface area contributed by atoms with Gasteiger partial charge in [0.1, 0.15) is 6.33 Å². The molecule has 1 saturated heterocycles. The Morgan fingerprint density at radius 2 is 1.86 bits per heavy atom. The number of nitro benzene ring substituents is 1. The average molecular weight is 389 g/mol. The molecule has 0 aliphatic carbocycles. The molecular weight excluding hydrogens is 370 g/mol. The minimum absolute atomic E-state index is 0.0469. The number of ether oxygens (including phenoxy) is 1. The molecule has 1 aromatic heterocycles. The number of hydrogen-bond donors (Lipinski definition) is 2. The molecule has 12 nitrogen and oxygen atoms in total. The first-order valence-corrected chi connectivity index (χ1v) is 8.59. The molecule has 3 rings (SSSR count). The topological polar surface area (TPSA) is 149 Å². The van der Waals surface area contributed by atoms with Crippen LogP contribution in [0.1, 0.15) is 0 Å². The lowest BCUT2D eigenvalue weighted by Crippen LogP contribution is -2.39. The highest BCUT2D eigenvalue weighted by Crippen LogP contribution is 2.31. The summed E-state index contributed by atoms with van der Waals surface area (Å²) in [4.78, 5) is 31.4. The van der Waals surface area contributed by atoms with E-state index >= 15 is 0 Å². The van der Waals surface area contributed by atoms with Gasteiger partial charge in [-0.15, -0.1) is 0 Å². The number of aromatic nitrogens is 2.